The Labute approximate surface area is 74.8 Å². The molecule has 1 rings (SSSR count). The molecule has 1 aromatic heterocycles. The molecule has 0 aliphatic rings. The van der Waals surface area contributed by atoms with E-state index in [1.165, 1.54) is 18.5 Å². The lowest BCUT2D eigenvalue weighted by Gasteiger charge is -1.93. The summed E-state index contributed by atoms with van der Waals surface area (Å²) in [5.74, 6) is 4.14. The van der Waals surface area contributed by atoms with E-state index in [9.17, 15) is 9.59 Å². The third-order valence-electron chi connectivity index (χ3n) is 1.30. The molecule has 1 amide bonds. The van der Waals surface area contributed by atoms with Gasteiger partial charge in [0, 0.05) is 18.0 Å². The van der Waals surface area contributed by atoms with Crippen molar-refractivity contribution in [2.75, 3.05) is 0 Å². The lowest BCUT2D eigenvalue weighted by Crippen LogP contribution is -2.11. The molecule has 0 aromatic carbocycles. The summed E-state index contributed by atoms with van der Waals surface area (Å²) in [5, 5.41) is 0. The topological polar surface area (TPSA) is 73.1 Å². The minimum atomic E-state index is -0.567. The van der Waals surface area contributed by atoms with Crippen LogP contribution in [0.15, 0.2) is 18.5 Å². The first-order valence-corrected chi connectivity index (χ1v) is 3.44. The van der Waals surface area contributed by atoms with Crippen molar-refractivity contribution >= 4 is 12.2 Å². The van der Waals surface area contributed by atoms with E-state index in [1.807, 2.05) is 0 Å². The van der Waals surface area contributed by atoms with Crippen molar-refractivity contribution in [1.82, 2.24) is 4.98 Å². The molecule has 13 heavy (non-hydrogen) atoms. The second-order valence-electron chi connectivity index (χ2n) is 2.21. The summed E-state index contributed by atoms with van der Waals surface area (Å²) in [5.41, 5.74) is 5.78. The van der Waals surface area contributed by atoms with Crippen LogP contribution in [0.2, 0.25) is 0 Å². The van der Waals surface area contributed by atoms with E-state index in [1.54, 1.807) is 0 Å². The van der Waals surface area contributed by atoms with E-state index in [-0.39, 0.29) is 5.56 Å². The van der Waals surface area contributed by atoms with Crippen LogP contribution in [0.5, 0.6) is 0 Å². The van der Waals surface area contributed by atoms with Gasteiger partial charge in [-0.3, -0.25) is 14.6 Å². The summed E-state index contributed by atoms with van der Waals surface area (Å²) in [4.78, 5) is 24.3. The van der Waals surface area contributed by atoms with E-state index in [2.05, 4.69) is 16.8 Å². The Morgan fingerprint density at radius 1 is 1.54 bits per heavy atom. The molecule has 1 aromatic rings. The molecule has 0 fully saturated rings. The zero-order valence-electron chi connectivity index (χ0n) is 6.65. The van der Waals surface area contributed by atoms with Crippen molar-refractivity contribution in [2.24, 2.45) is 5.73 Å². The van der Waals surface area contributed by atoms with E-state index >= 15 is 0 Å². The molecular formula is C9H6N2O2. The van der Waals surface area contributed by atoms with Crippen molar-refractivity contribution in [3.8, 4) is 11.8 Å². The zero-order chi connectivity index (χ0) is 9.68. The monoisotopic (exact) mass is 174 g/mol. The third-order valence-corrected chi connectivity index (χ3v) is 1.30. The maximum Gasteiger partial charge on any atom is 0.250 e. The van der Waals surface area contributed by atoms with Crippen LogP contribution in [0, 0.1) is 11.8 Å². The van der Waals surface area contributed by atoms with Gasteiger partial charge in [-0.2, -0.15) is 0 Å². The Kier molecular flexibility index (Phi) is 2.77. The van der Waals surface area contributed by atoms with Crippen LogP contribution in [-0.2, 0) is 4.79 Å². The van der Waals surface area contributed by atoms with E-state index in [4.69, 9.17) is 5.73 Å². The van der Waals surface area contributed by atoms with Crippen molar-refractivity contribution < 1.29 is 9.59 Å². The quantitative estimate of drug-likeness (QED) is 0.470. The van der Waals surface area contributed by atoms with E-state index in [0.29, 0.717) is 11.8 Å². The average molecular weight is 174 g/mol. The van der Waals surface area contributed by atoms with Crippen molar-refractivity contribution in [3.63, 3.8) is 0 Å². The number of hydrogen-bond donors (Lipinski definition) is 1. The van der Waals surface area contributed by atoms with Gasteiger partial charge in [-0.1, -0.05) is 5.92 Å². The summed E-state index contributed by atoms with van der Waals surface area (Å²) in [6.07, 6.45) is 3.26. The second kappa shape index (κ2) is 4.02. The predicted octanol–water partition coefficient (Wildman–Crippen LogP) is -0.269. The minimum Gasteiger partial charge on any atom is -0.366 e. The van der Waals surface area contributed by atoms with Gasteiger partial charge >= 0.3 is 0 Å². The van der Waals surface area contributed by atoms with Gasteiger partial charge in [-0.25, -0.2) is 0 Å². The molecule has 0 saturated carbocycles. The Balaban J connectivity index is 3.05. The summed E-state index contributed by atoms with van der Waals surface area (Å²) < 4.78 is 0. The molecule has 4 heteroatoms. The van der Waals surface area contributed by atoms with Crippen LogP contribution in [0.25, 0.3) is 0 Å². The highest BCUT2D eigenvalue weighted by molar-refractivity contribution is 5.92. The average Bonchev–Trinajstić information content (AvgIpc) is 2.15. The molecule has 0 bridgehead atoms. The number of primary amides is 1. The van der Waals surface area contributed by atoms with Crippen LogP contribution in [0.1, 0.15) is 15.9 Å². The van der Waals surface area contributed by atoms with Crippen molar-refractivity contribution in [2.45, 2.75) is 0 Å². The summed E-state index contributed by atoms with van der Waals surface area (Å²) in [6.45, 7) is 0. The number of pyridine rings is 1. The van der Waals surface area contributed by atoms with Crippen molar-refractivity contribution in [1.29, 1.82) is 0 Å². The number of carbonyl (C=O) groups excluding carboxylic acids is 2. The first kappa shape index (κ1) is 8.94. The lowest BCUT2D eigenvalue weighted by molar-refractivity contribution is -0.103. The number of aromatic nitrogens is 1. The smallest absolute Gasteiger partial charge is 0.250 e. The molecular weight excluding hydrogens is 168 g/mol. The molecule has 0 aliphatic carbocycles. The van der Waals surface area contributed by atoms with E-state index < -0.39 is 5.91 Å². The first-order chi connectivity index (χ1) is 6.24. The standard InChI is InChI=1S/C9H6N2O2/c10-9(13)8-4-7(2-1-3-12)5-11-6-8/h3-6H,(H2,10,13). The fourth-order valence-corrected chi connectivity index (χ4v) is 0.756. The summed E-state index contributed by atoms with van der Waals surface area (Å²) in [6, 6.07) is 1.48. The van der Waals surface area contributed by atoms with Gasteiger partial charge in [0.05, 0.1) is 5.56 Å². The van der Waals surface area contributed by atoms with Crippen molar-refractivity contribution in [3.05, 3.63) is 29.6 Å². The molecule has 0 spiro atoms. The van der Waals surface area contributed by atoms with Gasteiger partial charge < -0.3 is 5.73 Å². The van der Waals surface area contributed by atoms with Gasteiger partial charge in [0.2, 0.25) is 5.91 Å². The molecule has 2 N–H and O–H groups in total. The molecule has 0 unspecified atom stereocenters. The normalized spacial score (nSPS) is 8.31. The number of nitrogens with two attached hydrogens (primary N) is 1. The van der Waals surface area contributed by atoms with Crippen LogP contribution in [0.3, 0.4) is 0 Å². The van der Waals surface area contributed by atoms with Gasteiger partial charge in [0.15, 0.2) is 6.29 Å². The zero-order valence-corrected chi connectivity index (χ0v) is 6.65. The maximum absolute atomic E-state index is 10.7. The number of amides is 1. The maximum atomic E-state index is 10.7. The second-order valence-corrected chi connectivity index (χ2v) is 2.21. The molecule has 0 saturated heterocycles. The van der Waals surface area contributed by atoms with Crippen LogP contribution >= 0.6 is 0 Å². The number of carbonyl (C=O) groups is 2. The molecule has 0 atom stereocenters. The highest BCUT2D eigenvalue weighted by atomic mass is 16.1. The van der Waals surface area contributed by atoms with E-state index in [0.717, 1.165) is 0 Å². The summed E-state index contributed by atoms with van der Waals surface area (Å²) in [7, 11) is 0. The van der Waals surface area contributed by atoms with Gasteiger partial charge in [-0.15, -0.1) is 0 Å². The molecule has 64 valence electrons. The molecule has 0 radical (unpaired) electrons. The van der Waals surface area contributed by atoms with Crippen LogP contribution in [0.4, 0.5) is 0 Å². The van der Waals surface area contributed by atoms with Crippen LogP contribution < -0.4 is 5.73 Å². The Hall–Kier alpha value is -2.15. The third kappa shape index (κ3) is 2.42. The largest absolute Gasteiger partial charge is 0.366 e. The number of nitrogens with zero attached hydrogens (tertiary/aromatic N) is 1. The Morgan fingerprint density at radius 3 is 2.92 bits per heavy atom. The van der Waals surface area contributed by atoms with Gasteiger partial charge in [0.1, 0.15) is 0 Å². The number of hydrogen-bond acceptors (Lipinski definition) is 3. The Bertz CT molecular complexity index is 402. The molecule has 1 heterocycles. The van der Waals surface area contributed by atoms with Crippen LogP contribution in [-0.4, -0.2) is 17.2 Å². The fourth-order valence-electron chi connectivity index (χ4n) is 0.756. The number of rotatable bonds is 1. The minimum absolute atomic E-state index is 0.276. The highest BCUT2D eigenvalue weighted by Gasteiger charge is 1.99. The lowest BCUT2D eigenvalue weighted by atomic mass is 10.2. The first-order valence-electron chi connectivity index (χ1n) is 3.44. The van der Waals surface area contributed by atoms with Gasteiger partial charge in [0.25, 0.3) is 0 Å². The SMILES string of the molecule is NC(=O)c1cncc(C#CC=O)c1. The molecule has 4 nitrogen and oxygen atoms in total. The summed E-state index contributed by atoms with van der Waals surface area (Å²) >= 11 is 0. The highest BCUT2D eigenvalue weighted by Crippen LogP contribution is 1.99. The Morgan fingerprint density at radius 2 is 2.31 bits per heavy atom. The number of aldehydes is 1. The predicted molar refractivity (Wildman–Crippen MR) is 45.7 cm³/mol. The fraction of sp³-hybridized carbons (Fsp3) is 0. The molecule has 0 aliphatic heterocycles. The van der Waals surface area contributed by atoms with Gasteiger partial charge in [-0.05, 0) is 12.0 Å².